The van der Waals surface area contributed by atoms with Crippen LogP contribution < -0.4 is 10.6 Å². The summed E-state index contributed by atoms with van der Waals surface area (Å²) in [5.41, 5.74) is 0.658. The zero-order valence-corrected chi connectivity index (χ0v) is 18.6. The van der Waals surface area contributed by atoms with Crippen molar-refractivity contribution in [1.82, 2.24) is 9.79 Å². The Balaban J connectivity index is 2.14. The van der Waals surface area contributed by atoms with Crippen molar-refractivity contribution < 1.29 is 22.8 Å². The van der Waals surface area contributed by atoms with Crippen molar-refractivity contribution in [2.24, 2.45) is 5.92 Å². The highest BCUT2D eigenvalue weighted by molar-refractivity contribution is 7.89. The minimum absolute atomic E-state index is 0.0114. The molecule has 30 heavy (non-hydrogen) atoms. The number of anilines is 1. The highest BCUT2D eigenvalue weighted by Gasteiger charge is 2.26. The van der Waals surface area contributed by atoms with Crippen LogP contribution in [0.3, 0.4) is 0 Å². The summed E-state index contributed by atoms with van der Waals surface area (Å²) < 4.78 is 25.2. The Hall–Kier alpha value is -2.46. The number of hydrogen-bond donors (Lipinski definition) is 2. The maximum atomic E-state index is 12.7. The predicted molar refractivity (Wildman–Crippen MR) is 115 cm³/mol. The molecule has 1 atom stereocenters. The molecule has 2 N–H and O–H groups in total. The molecule has 10 heteroatoms. The van der Waals surface area contributed by atoms with Crippen LogP contribution in [0.2, 0.25) is 5.02 Å². The van der Waals surface area contributed by atoms with E-state index in [1.807, 2.05) is 0 Å². The normalized spacial score (nSPS) is 12.6. The van der Waals surface area contributed by atoms with E-state index < -0.39 is 27.9 Å². The highest BCUT2D eigenvalue weighted by atomic mass is 35.5. The second kappa shape index (κ2) is 10.0. The molecule has 2 aromatic rings. The average Bonchev–Trinajstić information content (AvgIpc) is 2.71. The van der Waals surface area contributed by atoms with Crippen molar-refractivity contribution >= 4 is 39.1 Å². The van der Waals surface area contributed by atoms with Crippen LogP contribution in [0.25, 0.3) is 0 Å². The lowest BCUT2D eigenvalue weighted by Crippen LogP contribution is -2.47. The van der Waals surface area contributed by atoms with Gasteiger partial charge >= 0.3 is 0 Å². The van der Waals surface area contributed by atoms with E-state index in [2.05, 4.69) is 10.6 Å². The van der Waals surface area contributed by atoms with Gasteiger partial charge in [-0.1, -0.05) is 42.0 Å². The molecule has 0 saturated carbocycles. The first kappa shape index (κ1) is 23.8. The van der Waals surface area contributed by atoms with Crippen LogP contribution in [0.5, 0.6) is 0 Å². The molecule has 0 saturated heterocycles. The van der Waals surface area contributed by atoms with Gasteiger partial charge in [0.25, 0.3) is 15.9 Å². The SMILES string of the molecule is CON(C)S(=O)(=O)c1ccc(NC(=O)[C@@H](NC(=O)c2ccccc2Cl)C(C)C)cc1. The van der Waals surface area contributed by atoms with Gasteiger partial charge in [0, 0.05) is 12.7 Å². The number of halogens is 1. The van der Waals surface area contributed by atoms with E-state index in [1.165, 1.54) is 38.4 Å². The lowest BCUT2D eigenvalue weighted by atomic mass is 10.0. The summed E-state index contributed by atoms with van der Waals surface area (Å²) in [4.78, 5) is 30.0. The third kappa shape index (κ3) is 5.57. The third-order valence-electron chi connectivity index (χ3n) is 4.37. The van der Waals surface area contributed by atoms with Crippen LogP contribution >= 0.6 is 11.6 Å². The topological polar surface area (TPSA) is 105 Å². The summed E-state index contributed by atoms with van der Waals surface area (Å²) >= 11 is 6.05. The van der Waals surface area contributed by atoms with Gasteiger partial charge < -0.3 is 10.6 Å². The monoisotopic (exact) mass is 453 g/mol. The minimum Gasteiger partial charge on any atom is -0.340 e. The molecular weight excluding hydrogens is 430 g/mol. The summed E-state index contributed by atoms with van der Waals surface area (Å²) in [6, 6.07) is 11.4. The summed E-state index contributed by atoms with van der Waals surface area (Å²) in [6.07, 6.45) is 0. The Kier molecular flexibility index (Phi) is 7.96. The Morgan fingerprint density at radius 2 is 1.67 bits per heavy atom. The number of benzene rings is 2. The van der Waals surface area contributed by atoms with Gasteiger partial charge in [-0.05, 0) is 42.3 Å². The van der Waals surface area contributed by atoms with Gasteiger partial charge in [0.2, 0.25) is 5.91 Å². The zero-order chi connectivity index (χ0) is 22.5. The molecule has 0 spiro atoms. The Labute approximate surface area is 181 Å². The summed E-state index contributed by atoms with van der Waals surface area (Å²) in [5, 5.41) is 5.68. The maximum absolute atomic E-state index is 12.7. The van der Waals surface area contributed by atoms with Gasteiger partial charge in [0.05, 0.1) is 22.6 Å². The largest absolute Gasteiger partial charge is 0.340 e. The van der Waals surface area contributed by atoms with Crippen LogP contribution in [0.1, 0.15) is 24.2 Å². The van der Waals surface area contributed by atoms with Crippen molar-refractivity contribution in [3.8, 4) is 0 Å². The van der Waals surface area contributed by atoms with E-state index >= 15 is 0 Å². The van der Waals surface area contributed by atoms with Crippen LogP contribution in [0, 0.1) is 5.92 Å². The van der Waals surface area contributed by atoms with Crippen molar-refractivity contribution in [3.63, 3.8) is 0 Å². The van der Waals surface area contributed by atoms with Crippen LogP contribution in [-0.4, -0.2) is 44.9 Å². The third-order valence-corrected chi connectivity index (χ3v) is 6.39. The fourth-order valence-electron chi connectivity index (χ4n) is 2.58. The molecule has 8 nitrogen and oxygen atoms in total. The first-order valence-corrected chi connectivity index (χ1v) is 10.9. The van der Waals surface area contributed by atoms with Gasteiger partial charge in [-0.15, -0.1) is 0 Å². The molecule has 0 unspecified atom stereocenters. The maximum Gasteiger partial charge on any atom is 0.264 e. The van der Waals surface area contributed by atoms with E-state index in [4.69, 9.17) is 16.4 Å². The number of nitrogens with zero attached hydrogens (tertiary/aromatic N) is 1. The molecule has 0 aliphatic rings. The van der Waals surface area contributed by atoms with E-state index in [1.54, 1.807) is 38.1 Å². The van der Waals surface area contributed by atoms with E-state index in [0.29, 0.717) is 5.69 Å². The van der Waals surface area contributed by atoms with Gasteiger partial charge in [-0.3, -0.25) is 14.4 Å². The number of rotatable bonds is 8. The lowest BCUT2D eigenvalue weighted by Gasteiger charge is -2.22. The second-order valence-corrected chi connectivity index (χ2v) is 9.13. The van der Waals surface area contributed by atoms with E-state index in [-0.39, 0.29) is 21.4 Å². The molecular formula is C20H24ClN3O5S. The number of carbonyl (C=O) groups is 2. The molecule has 0 bridgehead atoms. The fourth-order valence-corrected chi connectivity index (χ4v) is 3.77. The smallest absolute Gasteiger partial charge is 0.264 e. The molecule has 0 aromatic heterocycles. The van der Waals surface area contributed by atoms with Crippen LogP contribution in [-0.2, 0) is 19.7 Å². The molecule has 0 heterocycles. The van der Waals surface area contributed by atoms with Crippen molar-refractivity contribution in [1.29, 1.82) is 0 Å². The fraction of sp³-hybridized carbons (Fsp3) is 0.300. The summed E-state index contributed by atoms with van der Waals surface area (Å²) in [6.45, 7) is 3.60. The predicted octanol–water partition coefficient (Wildman–Crippen LogP) is 2.92. The quantitative estimate of drug-likeness (QED) is 0.598. The Morgan fingerprint density at radius 3 is 2.20 bits per heavy atom. The van der Waals surface area contributed by atoms with Crippen molar-refractivity contribution in [2.75, 3.05) is 19.5 Å². The molecule has 0 aliphatic heterocycles. The molecule has 2 amide bonds. The average molecular weight is 454 g/mol. The first-order chi connectivity index (χ1) is 14.1. The van der Waals surface area contributed by atoms with Crippen molar-refractivity contribution in [3.05, 3.63) is 59.1 Å². The summed E-state index contributed by atoms with van der Waals surface area (Å²) in [7, 11) is -1.26. The number of sulfonamides is 1. The minimum atomic E-state index is -3.79. The molecule has 0 radical (unpaired) electrons. The second-order valence-electron chi connectivity index (χ2n) is 6.79. The van der Waals surface area contributed by atoms with Crippen molar-refractivity contribution in [2.45, 2.75) is 24.8 Å². The Bertz CT molecular complexity index is 1010. The zero-order valence-electron chi connectivity index (χ0n) is 17.0. The number of amides is 2. The van der Waals surface area contributed by atoms with Gasteiger partial charge in [0.1, 0.15) is 6.04 Å². The standard InChI is InChI=1S/C20H24ClN3O5S/c1-13(2)18(23-19(25)16-7-5-6-8-17(16)21)20(26)22-14-9-11-15(12-10-14)30(27,28)24(3)29-4/h5-13,18H,1-4H3,(H,22,26)(H,23,25)/t18-/m0/s1. The number of hydrogen-bond acceptors (Lipinski definition) is 5. The van der Waals surface area contributed by atoms with Gasteiger partial charge in [0.15, 0.2) is 0 Å². The number of hydroxylamine groups is 1. The molecule has 0 fully saturated rings. The van der Waals surface area contributed by atoms with E-state index in [9.17, 15) is 18.0 Å². The van der Waals surface area contributed by atoms with Gasteiger partial charge in [-0.2, -0.15) is 0 Å². The molecule has 162 valence electrons. The molecule has 0 aliphatic carbocycles. The number of carbonyl (C=O) groups excluding carboxylic acids is 2. The van der Waals surface area contributed by atoms with E-state index in [0.717, 1.165) is 4.47 Å². The lowest BCUT2D eigenvalue weighted by molar-refractivity contribution is -0.118. The van der Waals surface area contributed by atoms with Crippen LogP contribution in [0.4, 0.5) is 5.69 Å². The number of nitrogens with one attached hydrogen (secondary N) is 2. The highest BCUT2D eigenvalue weighted by Crippen LogP contribution is 2.19. The summed E-state index contributed by atoms with van der Waals surface area (Å²) in [5.74, 6) is -1.10. The Morgan fingerprint density at radius 1 is 1.07 bits per heavy atom. The molecule has 2 rings (SSSR count). The van der Waals surface area contributed by atoms with Gasteiger partial charge in [-0.25, -0.2) is 8.42 Å². The van der Waals surface area contributed by atoms with Crippen LogP contribution in [0.15, 0.2) is 53.4 Å². The molecule has 2 aromatic carbocycles. The first-order valence-electron chi connectivity index (χ1n) is 9.07.